The molecule has 0 spiro atoms. The number of nitrogens with one attached hydrogen (secondary N) is 2. The summed E-state index contributed by atoms with van der Waals surface area (Å²) >= 11 is 1.68. The monoisotopic (exact) mass is 493 g/mol. The van der Waals surface area contributed by atoms with Crippen LogP contribution in [0.4, 0.5) is 23.1 Å². The van der Waals surface area contributed by atoms with Gasteiger partial charge in [-0.05, 0) is 29.8 Å². The molecule has 2 heterocycles. The van der Waals surface area contributed by atoms with E-state index in [4.69, 9.17) is 4.74 Å². The van der Waals surface area contributed by atoms with Crippen molar-refractivity contribution in [3.63, 3.8) is 0 Å². The average Bonchev–Trinajstić information content (AvgIpc) is 3.43. The number of hydrogen-bond acceptors (Lipinski definition) is 8. The predicted octanol–water partition coefficient (Wildman–Crippen LogP) is 4.85. The highest BCUT2D eigenvalue weighted by molar-refractivity contribution is 7.18. The van der Waals surface area contributed by atoms with Crippen LogP contribution in [0.1, 0.15) is 25.9 Å². The standard InChI is InChI=1S/C20H14F3N5O3S2/c21-20(22,23)17-27-28-18(33-17)26-16(29)12-7-5-11(6-8-12)9-24-19(30)31-10-15-25-13-3-1-2-4-14(13)32-15/h1-8H,9-10H2,(H,24,30)(H,26,28,29). The van der Waals surface area contributed by atoms with Gasteiger partial charge in [-0.15, -0.1) is 21.5 Å². The highest BCUT2D eigenvalue weighted by Crippen LogP contribution is 2.33. The van der Waals surface area contributed by atoms with E-state index in [0.717, 1.165) is 10.2 Å². The number of amides is 2. The molecule has 0 saturated carbocycles. The number of alkyl carbamates (subject to hydrolysis) is 1. The Bertz CT molecular complexity index is 1260. The molecule has 2 amide bonds. The number of halogens is 3. The van der Waals surface area contributed by atoms with Crippen LogP contribution in [-0.4, -0.2) is 27.2 Å². The van der Waals surface area contributed by atoms with E-state index in [1.807, 2.05) is 24.3 Å². The zero-order valence-corrected chi connectivity index (χ0v) is 18.2. The molecule has 0 bridgehead atoms. The molecule has 0 unspecified atom stereocenters. The minimum absolute atomic E-state index is 0.0476. The van der Waals surface area contributed by atoms with Crippen molar-refractivity contribution in [1.82, 2.24) is 20.5 Å². The minimum atomic E-state index is -4.62. The van der Waals surface area contributed by atoms with Crippen molar-refractivity contribution in [2.45, 2.75) is 19.3 Å². The molecule has 0 aliphatic carbocycles. The summed E-state index contributed by atoms with van der Waals surface area (Å²) in [4.78, 5) is 28.5. The first-order chi connectivity index (χ1) is 15.8. The van der Waals surface area contributed by atoms with Crippen molar-refractivity contribution >= 4 is 50.0 Å². The molecule has 0 aliphatic heterocycles. The van der Waals surface area contributed by atoms with Crippen molar-refractivity contribution in [3.8, 4) is 0 Å². The van der Waals surface area contributed by atoms with Gasteiger partial charge in [-0.2, -0.15) is 13.2 Å². The molecule has 170 valence electrons. The maximum absolute atomic E-state index is 12.6. The molecule has 4 aromatic rings. The van der Waals surface area contributed by atoms with E-state index in [2.05, 4.69) is 25.8 Å². The molecule has 0 fully saturated rings. The van der Waals surface area contributed by atoms with Crippen LogP contribution in [-0.2, 0) is 24.1 Å². The van der Waals surface area contributed by atoms with E-state index in [-0.39, 0.29) is 35.2 Å². The highest BCUT2D eigenvalue weighted by atomic mass is 32.1. The highest BCUT2D eigenvalue weighted by Gasteiger charge is 2.35. The summed E-state index contributed by atoms with van der Waals surface area (Å²) < 4.78 is 43.9. The Balaban J connectivity index is 1.25. The van der Waals surface area contributed by atoms with E-state index in [1.54, 1.807) is 12.1 Å². The molecular formula is C20H14F3N5O3S2. The van der Waals surface area contributed by atoms with Crippen molar-refractivity contribution in [2.75, 3.05) is 5.32 Å². The number of rotatable bonds is 6. The largest absolute Gasteiger partial charge is 0.445 e. The lowest BCUT2D eigenvalue weighted by Crippen LogP contribution is -2.23. The van der Waals surface area contributed by atoms with E-state index in [0.29, 0.717) is 10.6 Å². The van der Waals surface area contributed by atoms with Crippen molar-refractivity contribution in [2.24, 2.45) is 0 Å². The second kappa shape index (κ2) is 9.50. The normalized spacial score (nSPS) is 11.4. The molecule has 0 aliphatic rings. The van der Waals surface area contributed by atoms with Crippen LogP contribution < -0.4 is 10.6 Å². The van der Waals surface area contributed by atoms with Gasteiger partial charge in [0, 0.05) is 12.1 Å². The van der Waals surface area contributed by atoms with Gasteiger partial charge in [-0.25, -0.2) is 9.78 Å². The molecule has 33 heavy (non-hydrogen) atoms. The van der Waals surface area contributed by atoms with Gasteiger partial charge in [-0.3, -0.25) is 10.1 Å². The van der Waals surface area contributed by atoms with Crippen LogP contribution in [0.2, 0.25) is 0 Å². The molecular weight excluding hydrogens is 479 g/mol. The summed E-state index contributed by atoms with van der Waals surface area (Å²) in [6.07, 6.45) is -5.24. The number of fused-ring (bicyclic) bond motifs is 1. The molecule has 0 atom stereocenters. The second-order valence-electron chi connectivity index (χ2n) is 6.57. The number of anilines is 1. The Kier molecular flexibility index (Phi) is 6.51. The van der Waals surface area contributed by atoms with Gasteiger partial charge in [0.15, 0.2) is 0 Å². The number of carbonyl (C=O) groups is 2. The first-order valence-corrected chi connectivity index (χ1v) is 11.0. The van der Waals surface area contributed by atoms with Crippen LogP contribution in [0.15, 0.2) is 48.5 Å². The predicted molar refractivity (Wildman–Crippen MR) is 116 cm³/mol. The number of benzene rings is 2. The lowest BCUT2D eigenvalue weighted by Gasteiger charge is -2.07. The van der Waals surface area contributed by atoms with E-state index in [9.17, 15) is 22.8 Å². The third-order valence-electron chi connectivity index (χ3n) is 4.21. The zero-order chi connectivity index (χ0) is 23.4. The number of alkyl halides is 3. The van der Waals surface area contributed by atoms with E-state index < -0.39 is 23.2 Å². The Morgan fingerprint density at radius 2 is 1.76 bits per heavy atom. The second-order valence-corrected chi connectivity index (χ2v) is 8.66. The van der Waals surface area contributed by atoms with Gasteiger partial charge < -0.3 is 10.1 Å². The molecule has 4 rings (SSSR count). The van der Waals surface area contributed by atoms with E-state index >= 15 is 0 Å². The van der Waals surface area contributed by atoms with Crippen LogP contribution in [0.3, 0.4) is 0 Å². The Morgan fingerprint density at radius 1 is 1.00 bits per heavy atom. The van der Waals surface area contributed by atoms with Crippen LogP contribution in [0.5, 0.6) is 0 Å². The number of para-hydroxylation sites is 1. The first kappa shape index (κ1) is 22.6. The van der Waals surface area contributed by atoms with Crippen LogP contribution in [0, 0.1) is 0 Å². The summed E-state index contributed by atoms with van der Waals surface area (Å²) in [6, 6.07) is 13.8. The quantitative estimate of drug-likeness (QED) is 0.398. The van der Waals surface area contributed by atoms with Crippen molar-refractivity contribution < 1.29 is 27.5 Å². The number of thiazole rings is 1. The number of aromatic nitrogens is 3. The molecule has 8 nitrogen and oxygen atoms in total. The molecule has 0 saturated heterocycles. The lowest BCUT2D eigenvalue weighted by molar-refractivity contribution is -0.138. The van der Waals surface area contributed by atoms with Crippen molar-refractivity contribution in [1.29, 1.82) is 0 Å². The van der Waals surface area contributed by atoms with Gasteiger partial charge in [-0.1, -0.05) is 35.6 Å². The first-order valence-electron chi connectivity index (χ1n) is 9.34. The van der Waals surface area contributed by atoms with Crippen LogP contribution in [0.25, 0.3) is 10.2 Å². The molecule has 2 aromatic heterocycles. The summed E-state index contributed by atoms with van der Waals surface area (Å²) in [5.41, 5.74) is 1.75. The van der Waals surface area contributed by atoms with Gasteiger partial charge >= 0.3 is 12.3 Å². The molecule has 0 radical (unpaired) electrons. The lowest BCUT2D eigenvalue weighted by atomic mass is 10.1. The van der Waals surface area contributed by atoms with Crippen LogP contribution >= 0.6 is 22.7 Å². The summed E-state index contributed by atoms with van der Waals surface area (Å²) in [6.45, 7) is 0.206. The fourth-order valence-corrected chi connectivity index (χ4v) is 4.15. The number of carbonyl (C=O) groups excluding carboxylic acids is 2. The molecule has 2 N–H and O–H groups in total. The molecule has 13 heteroatoms. The van der Waals surface area contributed by atoms with E-state index in [1.165, 1.54) is 23.5 Å². The fraction of sp³-hybridized carbons (Fsp3) is 0.150. The van der Waals surface area contributed by atoms with Gasteiger partial charge in [0.1, 0.15) is 11.6 Å². The van der Waals surface area contributed by atoms with Gasteiger partial charge in [0.2, 0.25) is 10.1 Å². The molecule has 2 aromatic carbocycles. The summed E-state index contributed by atoms with van der Waals surface area (Å²) in [7, 11) is 0. The minimum Gasteiger partial charge on any atom is -0.442 e. The maximum Gasteiger partial charge on any atom is 0.445 e. The van der Waals surface area contributed by atoms with Gasteiger partial charge in [0.05, 0.1) is 10.2 Å². The number of hydrogen-bond donors (Lipinski definition) is 2. The maximum atomic E-state index is 12.6. The Morgan fingerprint density at radius 3 is 2.45 bits per heavy atom. The Hall–Kier alpha value is -3.58. The average molecular weight is 493 g/mol. The zero-order valence-electron chi connectivity index (χ0n) is 16.5. The third kappa shape index (κ3) is 5.81. The van der Waals surface area contributed by atoms with Gasteiger partial charge in [0.25, 0.3) is 5.91 Å². The number of ether oxygens (including phenoxy) is 1. The summed E-state index contributed by atoms with van der Waals surface area (Å²) in [5.74, 6) is -0.630. The Labute approximate surface area is 192 Å². The van der Waals surface area contributed by atoms with Crippen molar-refractivity contribution in [3.05, 3.63) is 69.7 Å². The third-order valence-corrected chi connectivity index (χ3v) is 6.10. The topological polar surface area (TPSA) is 106 Å². The SMILES string of the molecule is O=C(NCc1ccc(C(=O)Nc2nnc(C(F)(F)F)s2)cc1)OCc1nc2ccccc2s1. The smallest absolute Gasteiger partial charge is 0.442 e. The number of nitrogens with zero attached hydrogens (tertiary/aromatic N) is 3. The fourth-order valence-electron chi connectivity index (χ4n) is 2.67. The summed E-state index contributed by atoms with van der Waals surface area (Å²) in [5, 5.41) is 10.5.